The molecule has 0 heterocycles. The molecular formula is C18H20BrFN2O3. The average Bonchev–Trinajstić information content (AvgIpc) is 2.57. The number of ether oxygens (including phenoxy) is 2. The smallest absolute Gasteiger partial charge is 0.238 e. The van der Waals surface area contributed by atoms with Crippen molar-refractivity contribution < 1.29 is 18.7 Å². The maximum Gasteiger partial charge on any atom is 0.238 e. The fourth-order valence-electron chi connectivity index (χ4n) is 2.45. The molecule has 1 amide bonds. The predicted molar refractivity (Wildman–Crippen MR) is 98.6 cm³/mol. The van der Waals surface area contributed by atoms with Crippen molar-refractivity contribution in [2.24, 2.45) is 0 Å². The highest BCUT2D eigenvalue weighted by Crippen LogP contribution is 2.31. The van der Waals surface area contributed by atoms with E-state index in [9.17, 15) is 9.18 Å². The summed E-state index contributed by atoms with van der Waals surface area (Å²) < 4.78 is 25.1. The van der Waals surface area contributed by atoms with Crippen molar-refractivity contribution in [1.29, 1.82) is 0 Å². The van der Waals surface area contributed by atoms with Crippen molar-refractivity contribution >= 4 is 27.5 Å². The number of rotatable bonds is 7. The Balaban J connectivity index is 2.00. The fraction of sp³-hybridized carbons (Fsp3) is 0.278. The minimum Gasteiger partial charge on any atom is -0.493 e. The molecule has 0 saturated heterocycles. The number of carbonyl (C=O) groups excluding carboxylic acids is 1. The summed E-state index contributed by atoms with van der Waals surface area (Å²) in [4.78, 5) is 13.9. The topological polar surface area (TPSA) is 50.8 Å². The van der Waals surface area contributed by atoms with Crippen molar-refractivity contribution in [2.45, 2.75) is 6.54 Å². The summed E-state index contributed by atoms with van der Waals surface area (Å²) >= 11 is 3.18. The van der Waals surface area contributed by atoms with Gasteiger partial charge in [-0.3, -0.25) is 9.69 Å². The van der Waals surface area contributed by atoms with Crippen molar-refractivity contribution in [1.82, 2.24) is 4.90 Å². The van der Waals surface area contributed by atoms with E-state index >= 15 is 0 Å². The van der Waals surface area contributed by atoms with Crippen LogP contribution in [-0.2, 0) is 11.3 Å². The maximum atomic E-state index is 13.8. The fourth-order valence-corrected chi connectivity index (χ4v) is 2.78. The van der Waals surface area contributed by atoms with Gasteiger partial charge in [0.25, 0.3) is 0 Å². The zero-order valence-corrected chi connectivity index (χ0v) is 15.9. The number of methoxy groups -OCH3 is 2. The first-order chi connectivity index (χ1) is 11.9. The van der Waals surface area contributed by atoms with Crippen LogP contribution >= 0.6 is 15.9 Å². The molecule has 0 aliphatic rings. The van der Waals surface area contributed by atoms with E-state index in [2.05, 4.69) is 21.2 Å². The van der Waals surface area contributed by atoms with E-state index in [1.54, 1.807) is 27.3 Å². The van der Waals surface area contributed by atoms with Crippen molar-refractivity contribution in [3.8, 4) is 11.5 Å². The Morgan fingerprint density at radius 3 is 2.64 bits per heavy atom. The van der Waals surface area contributed by atoms with Gasteiger partial charge in [0.1, 0.15) is 5.82 Å². The molecule has 0 atom stereocenters. The summed E-state index contributed by atoms with van der Waals surface area (Å²) in [7, 11) is 4.95. The summed E-state index contributed by atoms with van der Waals surface area (Å²) in [5.41, 5.74) is 1.05. The molecule has 0 radical (unpaired) electrons. The van der Waals surface area contributed by atoms with Gasteiger partial charge in [-0.15, -0.1) is 0 Å². The van der Waals surface area contributed by atoms with Crippen LogP contribution in [0.4, 0.5) is 10.1 Å². The molecule has 0 aliphatic heterocycles. The van der Waals surface area contributed by atoms with Crippen LogP contribution in [0.25, 0.3) is 0 Å². The molecule has 2 rings (SSSR count). The highest BCUT2D eigenvalue weighted by atomic mass is 79.9. The summed E-state index contributed by atoms with van der Waals surface area (Å²) in [6.45, 7) is 0.590. The van der Waals surface area contributed by atoms with Gasteiger partial charge in [-0.05, 0) is 31.3 Å². The molecule has 2 aromatic carbocycles. The van der Waals surface area contributed by atoms with E-state index in [-0.39, 0.29) is 18.1 Å². The molecule has 0 spiro atoms. The number of hydrogen-bond donors (Lipinski definition) is 1. The van der Waals surface area contributed by atoms with Crippen LogP contribution in [0, 0.1) is 5.82 Å². The van der Waals surface area contributed by atoms with E-state index in [0.29, 0.717) is 22.5 Å². The van der Waals surface area contributed by atoms with Gasteiger partial charge in [0.15, 0.2) is 11.5 Å². The molecule has 0 aliphatic carbocycles. The number of hydrogen-bond acceptors (Lipinski definition) is 4. The van der Waals surface area contributed by atoms with E-state index in [1.165, 1.54) is 12.1 Å². The van der Waals surface area contributed by atoms with Crippen LogP contribution in [0.3, 0.4) is 0 Å². The Morgan fingerprint density at radius 1 is 1.24 bits per heavy atom. The van der Waals surface area contributed by atoms with Crippen LogP contribution in [0.2, 0.25) is 0 Å². The number of para-hydroxylation sites is 1. The molecule has 7 heteroatoms. The number of likely N-dealkylation sites (N-methyl/N-ethyl adjacent to an activating group) is 1. The van der Waals surface area contributed by atoms with E-state index in [0.717, 1.165) is 5.56 Å². The molecule has 134 valence electrons. The predicted octanol–water partition coefficient (Wildman–Crippen LogP) is 3.68. The van der Waals surface area contributed by atoms with Crippen LogP contribution in [0.15, 0.2) is 40.9 Å². The monoisotopic (exact) mass is 410 g/mol. The van der Waals surface area contributed by atoms with Gasteiger partial charge in [0, 0.05) is 16.6 Å². The summed E-state index contributed by atoms with van der Waals surface area (Å²) in [6.07, 6.45) is 0. The normalized spacial score (nSPS) is 10.6. The molecular weight excluding hydrogens is 391 g/mol. The molecule has 0 saturated carbocycles. The molecule has 0 bridgehead atoms. The lowest BCUT2D eigenvalue weighted by Crippen LogP contribution is -2.30. The van der Waals surface area contributed by atoms with Crippen LogP contribution in [-0.4, -0.2) is 38.6 Å². The van der Waals surface area contributed by atoms with Gasteiger partial charge in [0.05, 0.1) is 26.5 Å². The van der Waals surface area contributed by atoms with Gasteiger partial charge >= 0.3 is 0 Å². The lowest BCUT2D eigenvalue weighted by atomic mass is 10.1. The number of carbonyl (C=O) groups is 1. The molecule has 1 N–H and O–H groups in total. The van der Waals surface area contributed by atoms with E-state index in [4.69, 9.17) is 9.47 Å². The van der Waals surface area contributed by atoms with Gasteiger partial charge in [-0.1, -0.05) is 28.1 Å². The second kappa shape index (κ2) is 8.82. The largest absolute Gasteiger partial charge is 0.493 e. The first-order valence-electron chi connectivity index (χ1n) is 7.58. The Hall–Kier alpha value is -2.12. The zero-order chi connectivity index (χ0) is 18.4. The summed E-state index contributed by atoms with van der Waals surface area (Å²) in [6, 6.07) is 10.1. The van der Waals surface area contributed by atoms with Gasteiger partial charge < -0.3 is 14.8 Å². The van der Waals surface area contributed by atoms with Gasteiger partial charge in [-0.2, -0.15) is 0 Å². The van der Waals surface area contributed by atoms with E-state index in [1.807, 2.05) is 23.1 Å². The van der Waals surface area contributed by atoms with Crippen molar-refractivity contribution in [3.63, 3.8) is 0 Å². The Labute approximate surface area is 154 Å². The lowest BCUT2D eigenvalue weighted by molar-refractivity contribution is -0.117. The van der Waals surface area contributed by atoms with Gasteiger partial charge in [0.2, 0.25) is 5.91 Å². The first kappa shape index (κ1) is 19.2. The number of benzene rings is 2. The van der Waals surface area contributed by atoms with Crippen molar-refractivity contribution in [3.05, 3.63) is 52.3 Å². The minimum atomic E-state index is -0.486. The lowest BCUT2D eigenvalue weighted by Gasteiger charge is -2.19. The second-order valence-corrected chi connectivity index (χ2v) is 6.41. The van der Waals surface area contributed by atoms with Gasteiger partial charge in [-0.25, -0.2) is 4.39 Å². The SMILES string of the molecule is COc1cccc(CN(C)CC(=O)Nc2ccc(Br)cc2F)c1OC. The van der Waals surface area contributed by atoms with Crippen molar-refractivity contribution in [2.75, 3.05) is 33.1 Å². The van der Waals surface area contributed by atoms with Crippen LogP contribution in [0.1, 0.15) is 5.56 Å². The standard InChI is InChI=1S/C18H20BrFN2O3/c1-22(10-12-5-4-6-16(24-2)18(12)25-3)11-17(23)21-15-8-7-13(19)9-14(15)20/h4-9H,10-11H2,1-3H3,(H,21,23). The zero-order valence-electron chi connectivity index (χ0n) is 14.3. The second-order valence-electron chi connectivity index (χ2n) is 5.50. The third-order valence-electron chi connectivity index (χ3n) is 3.54. The quantitative estimate of drug-likeness (QED) is 0.756. The third-order valence-corrected chi connectivity index (χ3v) is 4.04. The summed E-state index contributed by atoms with van der Waals surface area (Å²) in [5, 5.41) is 2.57. The van der Waals surface area contributed by atoms with E-state index < -0.39 is 5.82 Å². The summed E-state index contributed by atoms with van der Waals surface area (Å²) in [5.74, 6) is 0.483. The molecule has 0 aromatic heterocycles. The molecule has 0 fully saturated rings. The minimum absolute atomic E-state index is 0.107. The number of nitrogens with one attached hydrogen (secondary N) is 1. The number of halogens is 2. The first-order valence-corrected chi connectivity index (χ1v) is 8.37. The molecule has 5 nitrogen and oxygen atoms in total. The number of anilines is 1. The number of amides is 1. The van der Waals surface area contributed by atoms with Crippen LogP contribution < -0.4 is 14.8 Å². The molecule has 2 aromatic rings. The highest BCUT2D eigenvalue weighted by molar-refractivity contribution is 9.10. The highest BCUT2D eigenvalue weighted by Gasteiger charge is 2.14. The van der Waals surface area contributed by atoms with Crippen LogP contribution in [0.5, 0.6) is 11.5 Å². The third kappa shape index (κ3) is 5.17. The average molecular weight is 411 g/mol. The molecule has 25 heavy (non-hydrogen) atoms. The molecule has 0 unspecified atom stereocenters. The maximum absolute atomic E-state index is 13.8. The number of nitrogens with zero attached hydrogens (tertiary/aromatic N) is 1. The Bertz CT molecular complexity index is 755. The Kier molecular flexibility index (Phi) is 6.78. The Morgan fingerprint density at radius 2 is 2.00 bits per heavy atom.